The van der Waals surface area contributed by atoms with E-state index in [0.717, 1.165) is 47.5 Å². The molecule has 5 heterocycles. The van der Waals surface area contributed by atoms with Crippen molar-refractivity contribution in [3.05, 3.63) is 108 Å². The van der Waals surface area contributed by atoms with Crippen molar-refractivity contribution in [2.24, 2.45) is 0 Å². The van der Waals surface area contributed by atoms with Crippen LogP contribution in [0, 0.1) is 25.5 Å². The van der Waals surface area contributed by atoms with Gasteiger partial charge in [-0.15, -0.1) is 0 Å². The van der Waals surface area contributed by atoms with Crippen LogP contribution in [0.1, 0.15) is 66.5 Å². The van der Waals surface area contributed by atoms with Crippen molar-refractivity contribution in [3.8, 4) is 11.5 Å². The van der Waals surface area contributed by atoms with E-state index in [1.165, 1.54) is 56.9 Å². The van der Waals surface area contributed by atoms with Gasteiger partial charge in [0, 0.05) is 129 Å². The number of carbonyl (C=O) groups is 1. The van der Waals surface area contributed by atoms with E-state index in [1.54, 1.807) is 10.8 Å². The van der Waals surface area contributed by atoms with Crippen LogP contribution in [0.5, 0.6) is 11.5 Å². The number of carbonyl (C=O) groups excluding carboxylic acids is 1. The molecule has 3 fully saturated rings. The smallest absolute Gasteiger partial charge is 1.00 e. The second-order valence-electron chi connectivity index (χ2n) is 15.1. The summed E-state index contributed by atoms with van der Waals surface area (Å²) in [5.74, 6) is -1.49. The third kappa shape index (κ3) is 14.3. The minimum Gasteiger partial charge on any atom is -1.00 e. The van der Waals surface area contributed by atoms with Crippen LogP contribution in [0.2, 0.25) is 0 Å². The SMILES string of the molecule is C1CCOC1.COC(=O)c1cc(F)ccc1O[C@H]1C[C@@H](n2ccc3c(C)ncnc32)[C@H](O)[C@@H]1O.Cc1ncnc2c1ccn2[C@@H]1C[C@H](Oc2ccc(F)cc2CO)[C@@H](O)[C@H]1O.[AlH3].[H-].[Li+].[V].[V].[V].[V]. The molecule has 1 aliphatic heterocycles. The van der Waals surface area contributed by atoms with Gasteiger partial charge >= 0.3 is 24.8 Å². The molecule has 1 saturated heterocycles. The number of nitrogens with zero attached hydrogens (tertiary/aromatic N) is 6. The Morgan fingerprint density at radius 2 is 1.16 bits per heavy atom. The molecule has 4 radical (unpaired) electrons. The molecule has 0 unspecified atom stereocenters. The molecule has 24 heteroatoms. The van der Waals surface area contributed by atoms with Crippen LogP contribution in [0.15, 0.2) is 73.6 Å². The van der Waals surface area contributed by atoms with Crippen LogP contribution >= 0.6 is 0 Å². The molecule has 4 aromatic heterocycles. The van der Waals surface area contributed by atoms with Crippen LogP contribution in [-0.4, -0.2) is 135 Å². The number of aryl methyl sites for hydroxylation is 2. The van der Waals surface area contributed by atoms with E-state index in [2.05, 4.69) is 24.7 Å². The molecule has 0 amide bonds. The molecule has 67 heavy (non-hydrogen) atoms. The fraction of sp³-hybridized carbons (Fsp3) is 0.419. The maximum atomic E-state index is 13.6. The molecule has 2 aliphatic carbocycles. The van der Waals surface area contributed by atoms with Crippen LogP contribution in [0.3, 0.4) is 0 Å². The zero-order valence-electron chi connectivity index (χ0n) is 37.5. The number of halogens is 2. The van der Waals surface area contributed by atoms with Gasteiger partial charge in [0.1, 0.15) is 89.3 Å². The molecule has 2 saturated carbocycles. The maximum absolute atomic E-state index is 13.6. The monoisotopic (exact) mass is 1090 g/mol. The first-order valence-corrected chi connectivity index (χ1v) is 19.9. The Labute approximate surface area is 457 Å². The third-order valence-corrected chi connectivity index (χ3v) is 11.3. The van der Waals surface area contributed by atoms with Crippen molar-refractivity contribution in [1.82, 2.24) is 29.1 Å². The van der Waals surface area contributed by atoms with Gasteiger partial charge in [0.25, 0.3) is 0 Å². The molecular weight excluding hydrogens is 1040 g/mol. The number of aliphatic hydroxyl groups excluding tert-OH is 5. The Hall–Kier alpha value is -2.16. The van der Waals surface area contributed by atoms with Gasteiger partial charge in [-0.2, -0.15) is 0 Å². The summed E-state index contributed by atoms with van der Waals surface area (Å²) in [6, 6.07) is 10.1. The molecule has 9 rings (SSSR count). The van der Waals surface area contributed by atoms with Gasteiger partial charge in [0.15, 0.2) is 17.4 Å². The average molecular weight is 1090 g/mol. The fourth-order valence-corrected chi connectivity index (χ4v) is 7.95. The van der Waals surface area contributed by atoms with Gasteiger partial charge in [-0.05, 0) is 75.2 Å². The minimum absolute atomic E-state index is 0. The van der Waals surface area contributed by atoms with Crippen molar-refractivity contribution in [3.63, 3.8) is 0 Å². The number of aliphatic hydroxyl groups is 5. The van der Waals surface area contributed by atoms with Gasteiger partial charge in [0.2, 0.25) is 0 Å². The average Bonchev–Trinajstić information content (AvgIpc) is 4.12. The number of esters is 1. The number of aromatic nitrogens is 6. The van der Waals surface area contributed by atoms with Crippen LogP contribution < -0.4 is 28.3 Å². The summed E-state index contributed by atoms with van der Waals surface area (Å²) in [6.07, 6.45) is 3.61. The molecule has 0 bridgehead atoms. The van der Waals surface area contributed by atoms with E-state index in [4.69, 9.17) is 14.2 Å². The summed E-state index contributed by atoms with van der Waals surface area (Å²) in [5.41, 5.74) is 3.16. The Balaban J connectivity index is 0.00000109. The predicted octanol–water partition coefficient (Wildman–Crippen LogP) is -0.0157. The van der Waals surface area contributed by atoms with E-state index < -0.39 is 66.3 Å². The fourth-order valence-electron chi connectivity index (χ4n) is 7.95. The second-order valence-corrected chi connectivity index (χ2v) is 15.1. The number of ether oxygens (including phenoxy) is 4. The Bertz CT molecular complexity index is 2500. The van der Waals surface area contributed by atoms with Gasteiger partial charge in [-0.1, -0.05) is 0 Å². The first kappa shape index (κ1) is 62.9. The molecule has 2 aromatic carbocycles. The second kappa shape index (κ2) is 28.6. The first-order chi connectivity index (χ1) is 29.4. The van der Waals surface area contributed by atoms with Gasteiger partial charge in [-0.25, -0.2) is 33.5 Å². The van der Waals surface area contributed by atoms with Gasteiger partial charge in [0.05, 0.1) is 37.2 Å². The molecule has 5 N–H and O–H groups in total. The van der Waals surface area contributed by atoms with Crippen LogP contribution in [-0.2, 0) is 90.3 Å². The number of rotatable bonds is 8. The summed E-state index contributed by atoms with van der Waals surface area (Å²) < 4.78 is 51.7. The van der Waals surface area contributed by atoms with E-state index >= 15 is 0 Å². The minimum atomic E-state index is -1.21. The summed E-state index contributed by atoms with van der Waals surface area (Å²) in [7, 11) is 1.18. The Morgan fingerprint density at radius 3 is 1.60 bits per heavy atom. The number of methoxy groups -OCH3 is 1. The van der Waals surface area contributed by atoms with Crippen molar-refractivity contribution < 1.29 is 153 Å². The molecule has 6 aromatic rings. The van der Waals surface area contributed by atoms with Crippen LogP contribution in [0.25, 0.3) is 22.1 Å². The molecule has 3 aliphatic rings. The zero-order chi connectivity index (χ0) is 43.4. The summed E-state index contributed by atoms with van der Waals surface area (Å²) in [6.45, 7) is 5.36. The molecule has 352 valence electrons. The van der Waals surface area contributed by atoms with E-state index in [0.29, 0.717) is 17.7 Å². The zero-order valence-corrected chi connectivity index (χ0v) is 42.1. The summed E-state index contributed by atoms with van der Waals surface area (Å²) in [5, 5.41) is 53.4. The van der Waals surface area contributed by atoms with Gasteiger partial charge < -0.3 is 55.0 Å². The van der Waals surface area contributed by atoms with Crippen LogP contribution in [0.4, 0.5) is 8.78 Å². The summed E-state index contributed by atoms with van der Waals surface area (Å²) >= 11 is 0. The van der Waals surface area contributed by atoms with E-state index in [-0.39, 0.29) is 148 Å². The predicted molar refractivity (Wildman–Crippen MR) is 226 cm³/mol. The molecule has 8 atom stereocenters. The van der Waals surface area contributed by atoms with Gasteiger partial charge in [-0.3, -0.25) is 0 Å². The normalized spacial score (nSPS) is 22.4. The van der Waals surface area contributed by atoms with Crippen molar-refractivity contribution in [2.45, 2.75) is 94.8 Å². The Kier molecular flexibility index (Phi) is 26.9. The standard InChI is InChI=1S/C20H20FN3O5.C19H20FN3O4.C4H8O.Al.Li.4V.4H/c1-10-12-5-6-24(19(12)23-9-22-10)14-8-16(18(26)17(14)25)29-15-4-3-11(21)7-13(15)20(27)28-2;1-10-13-4-5-23(19(13)22-9-21-10)14-7-16(18(26)17(14)25)27-15-3-2-12(20)6-11(15)8-24;1-2-4-5-3-1;;;;;;;;;;/h3-7,9,14,16-18,25-26H,8H2,1-2H3;2-6,9,14,16-18,24-26H,7-8H2,1H3;1-4H2;;;;;;;;;;/q;;;;+1;;;;;;;;-1/t2*14-,16+,17+,18-;;;;;;;;;;;/m11.........../s1. The van der Waals surface area contributed by atoms with Crippen molar-refractivity contribution >= 4 is 45.4 Å². The number of hydrogen-bond donors (Lipinski definition) is 5. The molecule has 16 nitrogen and oxygen atoms in total. The quantitative estimate of drug-likeness (QED) is 0.100. The topological polar surface area (TPSA) is 217 Å². The third-order valence-electron chi connectivity index (χ3n) is 11.3. The summed E-state index contributed by atoms with van der Waals surface area (Å²) in [4.78, 5) is 28.8. The number of benzene rings is 2. The van der Waals surface area contributed by atoms with Crippen molar-refractivity contribution in [2.75, 3.05) is 20.3 Å². The number of hydrogen-bond acceptors (Lipinski definition) is 14. The Morgan fingerprint density at radius 1 is 0.716 bits per heavy atom. The number of fused-ring (bicyclic) bond motifs is 2. The van der Waals surface area contributed by atoms with E-state index in [1.807, 2.05) is 36.7 Å². The van der Waals surface area contributed by atoms with E-state index in [9.17, 15) is 39.1 Å². The maximum Gasteiger partial charge on any atom is 1.00 e. The first-order valence-electron chi connectivity index (χ1n) is 19.9. The largest absolute Gasteiger partial charge is 1.00 e. The van der Waals surface area contributed by atoms with Crippen molar-refractivity contribution in [1.29, 1.82) is 0 Å². The molecular formula is C43H52AlF2LiN6O10V4. The molecule has 0 spiro atoms.